The summed E-state index contributed by atoms with van der Waals surface area (Å²) in [7, 11) is 1.41. The maximum atomic E-state index is 11.7. The van der Waals surface area contributed by atoms with Crippen LogP contribution in [-0.2, 0) is 9.47 Å². The number of rotatable bonds is 7. The van der Waals surface area contributed by atoms with E-state index in [1.54, 1.807) is 19.1 Å². The molecule has 0 radical (unpaired) electrons. The molecule has 0 saturated carbocycles. The van der Waals surface area contributed by atoms with Crippen molar-refractivity contribution in [1.82, 2.24) is 0 Å². The van der Waals surface area contributed by atoms with Crippen LogP contribution in [0.4, 0.5) is 21.0 Å². The quantitative estimate of drug-likeness (QED) is 0.722. The number of amides is 2. The third kappa shape index (κ3) is 6.42. The van der Waals surface area contributed by atoms with Crippen LogP contribution >= 0.6 is 23.2 Å². The van der Waals surface area contributed by atoms with E-state index >= 15 is 0 Å². The molecule has 128 valence electrons. The molecule has 0 spiro atoms. The van der Waals surface area contributed by atoms with Crippen LogP contribution in [0.3, 0.4) is 0 Å². The van der Waals surface area contributed by atoms with Gasteiger partial charge in [0.05, 0.1) is 30.2 Å². The Kier molecular flexibility index (Phi) is 8.36. The fourth-order valence-corrected chi connectivity index (χ4v) is 1.89. The zero-order valence-corrected chi connectivity index (χ0v) is 14.3. The Morgan fingerprint density at radius 2 is 1.43 bits per heavy atom. The fraction of sp³-hybridized carbons (Fsp3) is 0.429. The lowest BCUT2D eigenvalue weighted by Gasteiger charge is -2.16. The first-order chi connectivity index (χ1) is 11.0. The van der Waals surface area contributed by atoms with Crippen molar-refractivity contribution in [3.63, 3.8) is 0 Å². The van der Waals surface area contributed by atoms with Crippen molar-refractivity contribution in [3.05, 3.63) is 17.7 Å². The number of anilines is 2. The van der Waals surface area contributed by atoms with Gasteiger partial charge < -0.3 is 14.2 Å². The summed E-state index contributed by atoms with van der Waals surface area (Å²) in [5.41, 5.74) is 1.48. The normalized spacial score (nSPS) is 9.91. The Hall–Kier alpha value is -1.86. The molecule has 2 N–H and O–H groups in total. The van der Waals surface area contributed by atoms with E-state index in [4.69, 9.17) is 37.4 Å². The molecule has 0 atom stereocenters. The number of carbonyl (C=O) groups is 2. The minimum atomic E-state index is -0.676. The average Bonchev–Trinajstić information content (AvgIpc) is 2.50. The lowest BCUT2D eigenvalue weighted by atomic mass is 10.1. The van der Waals surface area contributed by atoms with E-state index in [-0.39, 0.29) is 30.7 Å². The van der Waals surface area contributed by atoms with Crippen molar-refractivity contribution in [2.45, 2.75) is 6.92 Å². The molecule has 1 aromatic rings. The largest absolute Gasteiger partial charge is 0.492 e. The number of hydrogen-bond donors (Lipinski definition) is 2. The van der Waals surface area contributed by atoms with Gasteiger partial charge in [-0.05, 0) is 24.6 Å². The Morgan fingerprint density at radius 3 is 1.78 bits per heavy atom. The van der Waals surface area contributed by atoms with Gasteiger partial charge in [-0.1, -0.05) is 0 Å². The number of alkyl halides is 2. The van der Waals surface area contributed by atoms with Crippen LogP contribution in [0.25, 0.3) is 0 Å². The van der Waals surface area contributed by atoms with Crippen molar-refractivity contribution in [1.29, 1.82) is 0 Å². The smallest absolute Gasteiger partial charge is 0.411 e. The molecular formula is C14H18Cl2N2O5. The number of aryl methyl sites for hydroxylation is 1. The van der Waals surface area contributed by atoms with Crippen molar-refractivity contribution in [2.24, 2.45) is 0 Å². The second-order valence-electron chi connectivity index (χ2n) is 4.29. The van der Waals surface area contributed by atoms with E-state index in [2.05, 4.69) is 10.6 Å². The van der Waals surface area contributed by atoms with Crippen LogP contribution in [0.15, 0.2) is 12.1 Å². The number of methoxy groups -OCH3 is 1. The summed E-state index contributed by atoms with van der Waals surface area (Å²) >= 11 is 10.9. The molecule has 23 heavy (non-hydrogen) atoms. The molecule has 2 amide bonds. The van der Waals surface area contributed by atoms with Gasteiger partial charge in [-0.3, -0.25) is 10.6 Å². The minimum Gasteiger partial charge on any atom is -0.492 e. The lowest BCUT2D eigenvalue weighted by molar-refractivity contribution is 0.168. The number of carbonyl (C=O) groups excluding carboxylic acids is 2. The summed E-state index contributed by atoms with van der Waals surface area (Å²) in [6.45, 7) is 1.96. The zero-order chi connectivity index (χ0) is 17.2. The van der Waals surface area contributed by atoms with Crippen LogP contribution in [0.2, 0.25) is 0 Å². The van der Waals surface area contributed by atoms with Gasteiger partial charge in [0.1, 0.15) is 13.2 Å². The summed E-state index contributed by atoms with van der Waals surface area (Å²) in [6, 6.07) is 3.35. The van der Waals surface area contributed by atoms with Crippen molar-refractivity contribution in [2.75, 3.05) is 42.7 Å². The molecule has 1 rings (SSSR count). The molecule has 0 heterocycles. The van der Waals surface area contributed by atoms with E-state index in [0.29, 0.717) is 11.4 Å². The van der Waals surface area contributed by atoms with Gasteiger partial charge in [-0.25, -0.2) is 9.59 Å². The van der Waals surface area contributed by atoms with Gasteiger partial charge in [0, 0.05) is 0 Å². The van der Waals surface area contributed by atoms with Crippen LogP contribution in [-0.4, -0.2) is 44.3 Å². The number of ether oxygens (including phenoxy) is 3. The number of halogens is 2. The van der Waals surface area contributed by atoms with Crippen LogP contribution in [0.5, 0.6) is 5.75 Å². The molecule has 9 heteroatoms. The topological polar surface area (TPSA) is 85.9 Å². The Labute approximate surface area is 144 Å². The molecule has 0 fully saturated rings. The maximum Gasteiger partial charge on any atom is 0.411 e. The standard InChI is InChI=1S/C14H18Cl2N2O5/c1-9-7-10(17-13(19)22-5-3-15)12(21-2)11(8-9)18-14(20)23-6-4-16/h7-8H,3-6H2,1-2H3,(H,17,19)(H,18,20). The van der Waals surface area contributed by atoms with E-state index in [9.17, 15) is 9.59 Å². The predicted molar refractivity (Wildman–Crippen MR) is 89.1 cm³/mol. The monoisotopic (exact) mass is 364 g/mol. The predicted octanol–water partition coefficient (Wildman–Crippen LogP) is 3.58. The van der Waals surface area contributed by atoms with E-state index in [1.165, 1.54) is 7.11 Å². The van der Waals surface area contributed by atoms with Gasteiger partial charge in [0.2, 0.25) is 0 Å². The SMILES string of the molecule is COc1c(NC(=O)OCCCl)cc(C)cc1NC(=O)OCCCl. The number of benzene rings is 1. The van der Waals surface area contributed by atoms with Crippen LogP contribution in [0, 0.1) is 6.92 Å². The maximum absolute atomic E-state index is 11.7. The average molecular weight is 365 g/mol. The molecule has 0 bridgehead atoms. The van der Waals surface area contributed by atoms with Gasteiger partial charge in [-0.15, -0.1) is 23.2 Å². The lowest BCUT2D eigenvalue weighted by Crippen LogP contribution is -2.18. The van der Waals surface area contributed by atoms with Crippen molar-refractivity contribution >= 4 is 46.8 Å². The molecule has 0 saturated heterocycles. The highest BCUT2D eigenvalue weighted by molar-refractivity contribution is 6.18. The minimum absolute atomic E-state index is 0.0807. The van der Waals surface area contributed by atoms with Gasteiger partial charge in [0.15, 0.2) is 5.75 Å². The summed E-state index contributed by atoms with van der Waals surface area (Å²) in [5, 5.41) is 5.07. The van der Waals surface area contributed by atoms with Crippen LogP contribution < -0.4 is 15.4 Å². The van der Waals surface area contributed by atoms with Gasteiger partial charge in [-0.2, -0.15) is 0 Å². The van der Waals surface area contributed by atoms with E-state index in [0.717, 1.165) is 5.56 Å². The van der Waals surface area contributed by atoms with Crippen molar-refractivity contribution < 1.29 is 23.8 Å². The molecular weight excluding hydrogens is 347 g/mol. The third-order valence-corrected chi connectivity index (χ3v) is 2.84. The summed E-state index contributed by atoms with van der Waals surface area (Å²) in [5.74, 6) is 0.649. The second kappa shape index (κ2) is 10.0. The molecule has 0 aliphatic rings. The molecule has 0 aromatic heterocycles. The van der Waals surface area contributed by atoms with Gasteiger partial charge in [0.25, 0.3) is 0 Å². The second-order valence-corrected chi connectivity index (χ2v) is 5.05. The first kappa shape index (κ1) is 19.2. The molecule has 0 unspecified atom stereocenters. The first-order valence-corrected chi connectivity index (χ1v) is 7.76. The summed E-state index contributed by atoms with van der Waals surface area (Å²) in [4.78, 5) is 23.3. The molecule has 1 aromatic carbocycles. The van der Waals surface area contributed by atoms with E-state index in [1.807, 2.05) is 0 Å². The molecule has 0 aliphatic heterocycles. The summed E-state index contributed by atoms with van der Waals surface area (Å²) < 4.78 is 14.9. The molecule has 7 nitrogen and oxygen atoms in total. The Morgan fingerprint density at radius 1 is 1.00 bits per heavy atom. The number of hydrogen-bond acceptors (Lipinski definition) is 5. The zero-order valence-electron chi connectivity index (χ0n) is 12.8. The van der Waals surface area contributed by atoms with Crippen LogP contribution in [0.1, 0.15) is 5.56 Å². The molecule has 0 aliphatic carbocycles. The third-order valence-electron chi connectivity index (χ3n) is 2.53. The van der Waals surface area contributed by atoms with E-state index < -0.39 is 12.2 Å². The highest BCUT2D eigenvalue weighted by Gasteiger charge is 2.16. The van der Waals surface area contributed by atoms with Gasteiger partial charge >= 0.3 is 12.2 Å². The first-order valence-electron chi connectivity index (χ1n) is 6.70. The van der Waals surface area contributed by atoms with Crippen molar-refractivity contribution in [3.8, 4) is 5.75 Å². The Balaban J connectivity index is 2.94. The highest BCUT2D eigenvalue weighted by Crippen LogP contribution is 2.35. The number of nitrogens with one attached hydrogen (secondary N) is 2. The Bertz CT molecular complexity index is 511. The summed E-state index contributed by atoms with van der Waals surface area (Å²) in [6.07, 6.45) is -1.35. The highest BCUT2D eigenvalue weighted by atomic mass is 35.5. The fourth-order valence-electron chi connectivity index (χ4n) is 1.73.